The maximum Gasteiger partial charge on any atom is 0.311 e. The van der Waals surface area contributed by atoms with Gasteiger partial charge >= 0.3 is 11.9 Å². The Labute approximate surface area is 221 Å². The normalized spacial score (nSPS) is 11.0. The smallest absolute Gasteiger partial charge is 0.311 e. The van der Waals surface area contributed by atoms with Crippen molar-refractivity contribution in [2.24, 2.45) is 0 Å². The molecule has 1 aromatic rings. The number of esters is 2. The standard InChI is InChI=1S/C32H54O4/c1-4-7-10-13-14-15-16-17-18-19-23-28-24-22-25-29(35-30(33)26-20-11-8-5-2)32(28)36-31(34)27-21-12-9-6-3/h22,24-25H,4-21,23,26-27H2,1-3H3. The highest BCUT2D eigenvalue weighted by atomic mass is 16.6. The molecular weight excluding hydrogens is 448 g/mol. The molecule has 0 N–H and O–H groups in total. The second-order valence-electron chi connectivity index (χ2n) is 10.2. The van der Waals surface area contributed by atoms with E-state index in [-0.39, 0.29) is 11.9 Å². The van der Waals surface area contributed by atoms with Crippen LogP contribution in [0.4, 0.5) is 0 Å². The molecule has 0 heterocycles. The molecule has 0 saturated heterocycles. The highest BCUT2D eigenvalue weighted by molar-refractivity contribution is 5.76. The number of hydrogen-bond acceptors (Lipinski definition) is 4. The Morgan fingerprint density at radius 2 is 1.00 bits per heavy atom. The van der Waals surface area contributed by atoms with Gasteiger partial charge in [0.1, 0.15) is 0 Å². The zero-order valence-corrected chi connectivity index (χ0v) is 23.7. The molecule has 0 spiro atoms. The number of unbranched alkanes of at least 4 members (excludes halogenated alkanes) is 15. The third-order valence-electron chi connectivity index (χ3n) is 6.77. The van der Waals surface area contributed by atoms with Gasteiger partial charge in [0.2, 0.25) is 0 Å². The Morgan fingerprint density at radius 1 is 0.556 bits per heavy atom. The number of benzene rings is 1. The summed E-state index contributed by atoms with van der Waals surface area (Å²) < 4.78 is 11.5. The first-order valence-corrected chi connectivity index (χ1v) is 15.2. The Morgan fingerprint density at radius 3 is 1.53 bits per heavy atom. The summed E-state index contributed by atoms with van der Waals surface area (Å²) in [7, 11) is 0. The van der Waals surface area contributed by atoms with Crippen molar-refractivity contribution in [2.75, 3.05) is 0 Å². The summed E-state index contributed by atoms with van der Waals surface area (Å²) in [6, 6.07) is 5.67. The van der Waals surface area contributed by atoms with E-state index in [0.717, 1.165) is 69.8 Å². The SMILES string of the molecule is CCCCCCCCCCCCc1cccc(OC(=O)CCCCCC)c1OC(=O)CCCCCC. The maximum atomic E-state index is 12.6. The van der Waals surface area contributed by atoms with Crippen molar-refractivity contribution in [3.8, 4) is 11.5 Å². The molecule has 0 aliphatic heterocycles. The first-order chi connectivity index (χ1) is 17.6. The summed E-state index contributed by atoms with van der Waals surface area (Å²) in [5.74, 6) is 0.363. The predicted octanol–water partition coefficient (Wildman–Crippen LogP) is 9.90. The molecule has 0 aromatic heterocycles. The highest BCUT2D eigenvalue weighted by Crippen LogP contribution is 2.33. The average Bonchev–Trinajstić information content (AvgIpc) is 2.87. The number of hydrogen-bond donors (Lipinski definition) is 0. The first-order valence-electron chi connectivity index (χ1n) is 15.2. The summed E-state index contributed by atoms with van der Waals surface area (Å²) in [6.45, 7) is 6.57. The molecule has 1 aromatic carbocycles. The van der Waals surface area contributed by atoms with Crippen molar-refractivity contribution in [2.45, 2.75) is 156 Å². The minimum atomic E-state index is -0.248. The van der Waals surface area contributed by atoms with Gasteiger partial charge in [0.15, 0.2) is 11.5 Å². The van der Waals surface area contributed by atoms with E-state index in [1.807, 2.05) is 12.1 Å². The minimum absolute atomic E-state index is 0.234. The van der Waals surface area contributed by atoms with E-state index in [0.29, 0.717) is 24.3 Å². The van der Waals surface area contributed by atoms with E-state index in [1.54, 1.807) is 6.07 Å². The third-order valence-corrected chi connectivity index (χ3v) is 6.77. The van der Waals surface area contributed by atoms with Gasteiger partial charge < -0.3 is 9.47 Å². The zero-order chi connectivity index (χ0) is 26.3. The van der Waals surface area contributed by atoms with Crippen LogP contribution >= 0.6 is 0 Å². The Balaban J connectivity index is 2.63. The van der Waals surface area contributed by atoms with Gasteiger partial charge in [0, 0.05) is 12.8 Å². The number of rotatable bonds is 23. The van der Waals surface area contributed by atoms with Gasteiger partial charge in [-0.2, -0.15) is 0 Å². The van der Waals surface area contributed by atoms with E-state index in [2.05, 4.69) is 20.8 Å². The van der Waals surface area contributed by atoms with E-state index in [1.165, 1.54) is 57.8 Å². The second kappa shape index (κ2) is 22.4. The number of ether oxygens (including phenoxy) is 2. The van der Waals surface area contributed by atoms with Gasteiger partial charge in [0.05, 0.1) is 0 Å². The van der Waals surface area contributed by atoms with Gasteiger partial charge in [-0.1, -0.05) is 129 Å². The molecule has 4 nitrogen and oxygen atoms in total. The number of carbonyl (C=O) groups excluding carboxylic acids is 2. The van der Waals surface area contributed by atoms with Crippen molar-refractivity contribution in [3.63, 3.8) is 0 Å². The van der Waals surface area contributed by atoms with Crippen LogP contribution in [0.1, 0.15) is 155 Å². The number of para-hydroxylation sites is 1. The number of aryl methyl sites for hydroxylation is 1. The van der Waals surface area contributed by atoms with Gasteiger partial charge in [-0.25, -0.2) is 0 Å². The summed E-state index contributed by atoms with van der Waals surface area (Å²) in [6.07, 6.45) is 22.7. The largest absolute Gasteiger partial charge is 0.423 e. The molecule has 36 heavy (non-hydrogen) atoms. The molecule has 0 radical (unpaired) electrons. The van der Waals surface area contributed by atoms with Gasteiger partial charge in [-0.15, -0.1) is 0 Å². The molecule has 0 aliphatic rings. The van der Waals surface area contributed by atoms with Crippen molar-refractivity contribution in [1.82, 2.24) is 0 Å². The fourth-order valence-electron chi connectivity index (χ4n) is 4.49. The zero-order valence-electron chi connectivity index (χ0n) is 23.7. The lowest BCUT2D eigenvalue weighted by atomic mass is 10.0. The maximum absolute atomic E-state index is 12.6. The molecule has 1 rings (SSSR count). The van der Waals surface area contributed by atoms with Crippen LogP contribution in [0.15, 0.2) is 18.2 Å². The molecule has 0 atom stereocenters. The van der Waals surface area contributed by atoms with Crippen LogP contribution in [0.25, 0.3) is 0 Å². The van der Waals surface area contributed by atoms with Crippen LogP contribution in [0.2, 0.25) is 0 Å². The summed E-state index contributed by atoms with van der Waals surface area (Å²) in [5.41, 5.74) is 0.966. The van der Waals surface area contributed by atoms with Crippen molar-refractivity contribution in [3.05, 3.63) is 23.8 Å². The third kappa shape index (κ3) is 16.0. The molecule has 0 bridgehead atoms. The van der Waals surface area contributed by atoms with Crippen LogP contribution in [0, 0.1) is 0 Å². The molecule has 0 saturated carbocycles. The summed E-state index contributed by atoms with van der Waals surface area (Å²) >= 11 is 0. The van der Waals surface area contributed by atoms with E-state index in [4.69, 9.17) is 9.47 Å². The van der Waals surface area contributed by atoms with Crippen LogP contribution in [-0.4, -0.2) is 11.9 Å². The fraction of sp³-hybridized carbons (Fsp3) is 0.750. The molecule has 0 aliphatic carbocycles. The molecule has 0 amide bonds. The molecule has 0 fully saturated rings. The molecule has 4 heteroatoms. The fourth-order valence-corrected chi connectivity index (χ4v) is 4.49. The lowest BCUT2D eigenvalue weighted by molar-refractivity contribution is -0.137. The highest BCUT2D eigenvalue weighted by Gasteiger charge is 2.17. The molecule has 206 valence electrons. The summed E-state index contributed by atoms with van der Waals surface area (Å²) in [5, 5.41) is 0. The number of carbonyl (C=O) groups is 2. The van der Waals surface area contributed by atoms with E-state index >= 15 is 0 Å². The van der Waals surface area contributed by atoms with E-state index < -0.39 is 0 Å². The van der Waals surface area contributed by atoms with Crippen LogP contribution in [0.3, 0.4) is 0 Å². The Kier molecular flexibility index (Phi) is 20.0. The summed E-state index contributed by atoms with van der Waals surface area (Å²) in [4.78, 5) is 25.0. The topological polar surface area (TPSA) is 52.6 Å². The minimum Gasteiger partial charge on any atom is -0.423 e. The van der Waals surface area contributed by atoms with Crippen molar-refractivity contribution < 1.29 is 19.1 Å². The van der Waals surface area contributed by atoms with Crippen LogP contribution < -0.4 is 9.47 Å². The molecular formula is C32H54O4. The molecule has 0 unspecified atom stereocenters. The van der Waals surface area contributed by atoms with Gasteiger partial charge in [-0.05, 0) is 37.3 Å². The van der Waals surface area contributed by atoms with E-state index in [9.17, 15) is 9.59 Å². The van der Waals surface area contributed by atoms with Gasteiger partial charge in [-0.3, -0.25) is 9.59 Å². The Bertz CT molecular complexity index is 697. The van der Waals surface area contributed by atoms with Crippen molar-refractivity contribution >= 4 is 11.9 Å². The lowest BCUT2D eigenvalue weighted by Crippen LogP contribution is -2.13. The first kappa shape index (κ1) is 32.2. The van der Waals surface area contributed by atoms with Crippen molar-refractivity contribution in [1.29, 1.82) is 0 Å². The van der Waals surface area contributed by atoms with Crippen LogP contribution in [0.5, 0.6) is 11.5 Å². The van der Waals surface area contributed by atoms with Crippen LogP contribution in [-0.2, 0) is 16.0 Å². The average molecular weight is 503 g/mol. The monoisotopic (exact) mass is 502 g/mol. The Hall–Kier alpha value is -1.84. The second-order valence-corrected chi connectivity index (χ2v) is 10.2. The predicted molar refractivity (Wildman–Crippen MR) is 151 cm³/mol. The van der Waals surface area contributed by atoms with Gasteiger partial charge in [0.25, 0.3) is 0 Å². The lowest BCUT2D eigenvalue weighted by Gasteiger charge is -2.15. The quantitative estimate of drug-likeness (QED) is 0.0848.